The number of fused-ring (bicyclic) bond motifs is 1. The summed E-state index contributed by atoms with van der Waals surface area (Å²) in [7, 11) is 0. The van der Waals surface area contributed by atoms with E-state index in [1.54, 1.807) is 17.0 Å². The Hall–Kier alpha value is -1.46. The second kappa shape index (κ2) is 6.36. The molecule has 0 unspecified atom stereocenters. The van der Waals surface area contributed by atoms with E-state index in [0.717, 1.165) is 18.4 Å². The maximum atomic E-state index is 12.8. The SMILES string of the molecule is C[C@@H]1CN(C(=O)Cc2cc3c(cc2Cl)OCCO3)C[C@@]1(O)C1CCC1. The number of amides is 1. The first-order valence-electron chi connectivity index (χ1n) is 9.05. The number of likely N-dealkylation sites (tertiary alicyclic amines) is 1. The summed E-state index contributed by atoms with van der Waals surface area (Å²) in [5.74, 6) is 1.71. The highest BCUT2D eigenvalue weighted by atomic mass is 35.5. The summed E-state index contributed by atoms with van der Waals surface area (Å²) in [4.78, 5) is 14.6. The van der Waals surface area contributed by atoms with Crippen LogP contribution in [0.3, 0.4) is 0 Å². The second-order valence-corrected chi connectivity index (χ2v) is 7.97. The molecule has 1 aromatic rings. The van der Waals surface area contributed by atoms with E-state index < -0.39 is 5.60 Å². The quantitative estimate of drug-likeness (QED) is 0.894. The Morgan fingerprint density at radius 3 is 2.64 bits per heavy atom. The van der Waals surface area contributed by atoms with Crippen LogP contribution in [-0.4, -0.2) is 47.8 Å². The van der Waals surface area contributed by atoms with Crippen molar-refractivity contribution in [3.63, 3.8) is 0 Å². The highest BCUT2D eigenvalue weighted by molar-refractivity contribution is 6.31. The van der Waals surface area contributed by atoms with Crippen molar-refractivity contribution in [1.82, 2.24) is 4.90 Å². The number of carbonyl (C=O) groups is 1. The van der Waals surface area contributed by atoms with Gasteiger partial charge in [-0.1, -0.05) is 24.9 Å². The molecule has 0 radical (unpaired) electrons. The predicted octanol–water partition coefficient (Wildman–Crippen LogP) is 2.66. The van der Waals surface area contributed by atoms with E-state index in [4.69, 9.17) is 21.1 Å². The minimum absolute atomic E-state index is 0.000626. The van der Waals surface area contributed by atoms with Crippen LogP contribution in [0.2, 0.25) is 5.02 Å². The zero-order valence-electron chi connectivity index (χ0n) is 14.5. The lowest BCUT2D eigenvalue weighted by Crippen LogP contribution is -2.48. The Balaban J connectivity index is 1.47. The Kier molecular flexibility index (Phi) is 4.32. The molecule has 2 aliphatic heterocycles. The minimum Gasteiger partial charge on any atom is -0.486 e. The fraction of sp³-hybridized carbons (Fsp3) is 0.632. The van der Waals surface area contributed by atoms with Gasteiger partial charge in [0.15, 0.2) is 11.5 Å². The van der Waals surface area contributed by atoms with Gasteiger partial charge in [-0.05, 0) is 30.4 Å². The number of β-amino-alcohol motifs (C(OH)–C–C–N with tert-alkyl or cyclic N) is 1. The van der Waals surface area contributed by atoms with Crippen molar-refractivity contribution in [3.8, 4) is 11.5 Å². The lowest BCUT2D eigenvalue weighted by Gasteiger charge is -2.41. The number of hydrogen-bond acceptors (Lipinski definition) is 4. The molecule has 25 heavy (non-hydrogen) atoms. The number of rotatable bonds is 3. The van der Waals surface area contributed by atoms with E-state index >= 15 is 0 Å². The van der Waals surface area contributed by atoms with Crippen molar-refractivity contribution in [3.05, 3.63) is 22.7 Å². The van der Waals surface area contributed by atoms with Crippen LogP contribution in [0.1, 0.15) is 31.7 Å². The van der Waals surface area contributed by atoms with Crippen LogP contribution in [0.25, 0.3) is 0 Å². The third-order valence-corrected chi connectivity index (χ3v) is 6.36. The van der Waals surface area contributed by atoms with Crippen molar-refractivity contribution in [2.24, 2.45) is 11.8 Å². The molecule has 1 saturated heterocycles. The number of halogens is 1. The van der Waals surface area contributed by atoms with E-state index in [9.17, 15) is 9.90 Å². The standard InChI is InChI=1S/C19H24ClNO4/c1-12-10-21(11-19(12,23)14-3-2-4-14)18(22)8-13-7-16-17(9-15(13)20)25-6-5-24-16/h7,9,12,14,23H,2-6,8,10-11H2,1H3/t12-,19+/m1/s1. The summed E-state index contributed by atoms with van der Waals surface area (Å²) in [6.07, 6.45) is 3.52. The molecule has 0 aromatic heterocycles. The molecule has 4 rings (SSSR count). The van der Waals surface area contributed by atoms with Crippen LogP contribution in [0.15, 0.2) is 12.1 Å². The molecule has 2 fully saturated rings. The van der Waals surface area contributed by atoms with Crippen LogP contribution in [0.4, 0.5) is 0 Å². The van der Waals surface area contributed by atoms with Gasteiger partial charge in [-0.25, -0.2) is 0 Å². The monoisotopic (exact) mass is 365 g/mol. The normalized spacial score (nSPS) is 28.8. The summed E-state index contributed by atoms with van der Waals surface area (Å²) >= 11 is 6.32. The molecule has 3 aliphatic rings. The average molecular weight is 366 g/mol. The van der Waals surface area contributed by atoms with Gasteiger partial charge in [0.1, 0.15) is 13.2 Å². The maximum absolute atomic E-state index is 12.8. The van der Waals surface area contributed by atoms with Crippen molar-refractivity contribution < 1.29 is 19.4 Å². The van der Waals surface area contributed by atoms with Crippen LogP contribution in [-0.2, 0) is 11.2 Å². The molecule has 6 heteroatoms. The molecular formula is C19H24ClNO4. The van der Waals surface area contributed by atoms with Gasteiger partial charge in [-0.15, -0.1) is 0 Å². The number of aliphatic hydroxyl groups is 1. The van der Waals surface area contributed by atoms with Gasteiger partial charge in [0.25, 0.3) is 0 Å². The third-order valence-electron chi connectivity index (χ3n) is 6.01. The van der Waals surface area contributed by atoms with Gasteiger partial charge < -0.3 is 19.5 Å². The lowest BCUT2D eigenvalue weighted by atomic mass is 9.69. The molecule has 0 spiro atoms. The van der Waals surface area contributed by atoms with Gasteiger partial charge in [0.05, 0.1) is 12.0 Å². The lowest BCUT2D eigenvalue weighted by molar-refractivity contribution is -0.131. The van der Waals surface area contributed by atoms with E-state index in [1.807, 2.05) is 6.92 Å². The number of benzene rings is 1. The van der Waals surface area contributed by atoms with Gasteiger partial charge in [0.2, 0.25) is 5.91 Å². The molecule has 1 amide bonds. The molecule has 1 N–H and O–H groups in total. The predicted molar refractivity (Wildman–Crippen MR) is 94.2 cm³/mol. The average Bonchev–Trinajstić information content (AvgIpc) is 2.82. The second-order valence-electron chi connectivity index (χ2n) is 7.56. The van der Waals surface area contributed by atoms with E-state index in [0.29, 0.717) is 48.7 Å². The first-order valence-corrected chi connectivity index (χ1v) is 9.43. The van der Waals surface area contributed by atoms with Gasteiger partial charge in [0, 0.05) is 30.1 Å². The van der Waals surface area contributed by atoms with E-state index in [2.05, 4.69) is 0 Å². The summed E-state index contributed by atoms with van der Waals surface area (Å²) in [6, 6.07) is 3.52. The highest BCUT2D eigenvalue weighted by Crippen LogP contribution is 2.44. The molecule has 2 heterocycles. The van der Waals surface area contributed by atoms with Crippen molar-refractivity contribution >= 4 is 17.5 Å². The molecule has 1 aliphatic carbocycles. The van der Waals surface area contributed by atoms with Crippen molar-refractivity contribution in [2.45, 2.75) is 38.2 Å². The summed E-state index contributed by atoms with van der Waals surface area (Å²) in [5.41, 5.74) is 0.00693. The summed E-state index contributed by atoms with van der Waals surface area (Å²) in [5, 5.41) is 11.5. The molecule has 1 aromatic carbocycles. The van der Waals surface area contributed by atoms with Crippen molar-refractivity contribution in [2.75, 3.05) is 26.3 Å². The number of nitrogens with zero attached hydrogens (tertiary/aromatic N) is 1. The fourth-order valence-corrected chi connectivity index (χ4v) is 4.38. The smallest absolute Gasteiger partial charge is 0.227 e. The van der Waals surface area contributed by atoms with Crippen LogP contribution >= 0.6 is 11.6 Å². The van der Waals surface area contributed by atoms with Crippen LogP contribution < -0.4 is 9.47 Å². The Morgan fingerprint density at radius 2 is 2.00 bits per heavy atom. The molecule has 0 bridgehead atoms. The number of carbonyl (C=O) groups excluding carboxylic acids is 1. The molecule has 136 valence electrons. The summed E-state index contributed by atoms with van der Waals surface area (Å²) in [6.45, 7) is 4.09. The zero-order chi connectivity index (χ0) is 17.6. The fourth-order valence-electron chi connectivity index (χ4n) is 4.16. The van der Waals surface area contributed by atoms with Gasteiger partial charge in [-0.2, -0.15) is 0 Å². The Morgan fingerprint density at radius 1 is 1.32 bits per heavy atom. The van der Waals surface area contributed by atoms with Crippen LogP contribution in [0, 0.1) is 11.8 Å². The maximum Gasteiger partial charge on any atom is 0.227 e. The Labute approximate surface area is 152 Å². The highest BCUT2D eigenvalue weighted by Gasteiger charge is 2.50. The van der Waals surface area contributed by atoms with E-state index in [1.165, 1.54) is 6.42 Å². The topological polar surface area (TPSA) is 59.0 Å². The Bertz CT molecular complexity index is 690. The minimum atomic E-state index is -0.732. The van der Waals surface area contributed by atoms with Crippen molar-refractivity contribution in [1.29, 1.82) is 0 Å². The van der Waals surface area contributed by atoms with Crippen LogP contribution in [0.5, 0.6) is 11.5 Å². The molecule has 1 saturated carbocycles. The molecular weight excluding hydrogens is 342 g/mol. The molecule has 5 nitrogen and oxygen atoms in total. The zero-order valence-corrected chi connectivity index (χ0v) is 15.2. The van der Waals surface area contributed by atoms with E-state index in [-0.39, 0.29) is 18.2 Å². The van der Waals surface area contributed by atoms with Gasteiger partial charge in [-0.3, -0.25) is 4.79 Å². The number of ether oxygens (including phenoxy) is 2. The number of hydrogen-bond donors (Lipinski definition) is 1. The largest absolute Gasteiger partial charge is 0.486 e. The first kappa shape index (κ1) is 17.0. The molecule has 2 atom stereocenters. The third kappa shape index (κ3) is 2.97. The van der Waals surface area contributed by atoms with Gasteiger partial charge >= 0.3 is 0 Å². The first-order chi connectivity index (χ1) is 12.0. The summed E-state index contributed by atoms with van der Waals surface area (Å²) < 4.78 is 11.1.